The number of hydrogen-bond donors (Lipinski definition) is 0. The second kappa shape index (κ2) is 10.7. The minimum atomic E-state index is 0.897. The molecular formula is C50H30N2O. The van der Waals surface area contributed by atoms with Gasteiger partial charge in [0, 0.05) is 49.6 Å². The van der Waals surface area contributed by atoms with Gasteiger partial charge in [0.25, 0.3) is 0 Å². The fourth-order valence-corrected chi connectivity index (χ4v) is 9.00. The van der Waals surface area contributed by atoms with Crippen LogP contribution in [-0.2, 0) is 0 Å². The van der Waals surface area contributed by atoms with E-state index in [1.807, 2.05) is 6.07 Å². The van der Waals surface area contributed by atoms with E-state index in [-0.39, 0.29) is 0 Å². The summed E-state index contributed by atoms with van der Waals surface area (Å²) in [4.78, 5) is 0. The Bertz CT molecular complexity index is 3310. The van der Waals surface area contributed by atoms with Crippen molar-refractivity contribution in [2.75, 3.05) is 0 Å². The van der Waals surface area contributed by atoms with Gasteiger partial charge < -0.3 is 13.9 Å². The molecule has 0 spiro atoms. The molecule has 0 amide bonds. The molecule has 3 heterocycles. The summed E-state index contributed by atoms with van der Waals surface area (Å²) in [6.45, 7) is 0. The summed E-state index contributed by atoms with van der Waals surface area (Å²) < 4.78 is 11.5. The Morgan fingerprint density at radius 3 is 1.87 bits per heavy atom. The van der Waals surface area contributed by atoms with Crippen molar-refractivity contribution in [1.82, 2.24) is 9.13 Å². The lowest BCUT2D eigenvalue weighted by Crippen LogP contribution is -1.98. The van der Waals surface area contributed by atoms with Crippen LogP contribution in [-0.4, -0.2) is 9.13 Å². The zero-order chi connectivity index (χ0) is 34.6. The van der Waals surface area contributed by atoms with Crippen molar-refractivity contribution in [3.63, 3.8) is 0 Å². The molecule has 1 aliphatic rings. The Morgan fingerprint density at radius 1 is 0.340 bits per heavy atom. The van der Waals surface area contributed by atoms with Crippen LogP contribution in [0.25, 0.3) is 98.8 Å². The third-order valence-corrected chi connectivity index (χ3v) is 11.3. The van der Waals surface area contributed by atoms with E-state index in [2.05, 4.69) is 185 Å². The van der Waals surface area contributed by atoms with Gasteiger partial charge in [0.1, 0.15) is 11.5 Å². The highest BCUT2D eigenvalue weighted by molar-refractivity contribution is 6.26. The molecule has 0 fully saturated rings. The van der Waals surface area contributed by atoms with Crippen molar-refractivity contribution >= 4 is 65.2 Å². The normalized spacial score (nSPS) is 12.3. The van der Waals surface area contributed by atoms with Crippen LogP contribution in [0.2, 0.25) is 0 Å². The number of benzene rings is 9. The van der Waals surface area contributed by atoms with Crippen LogP contribution in [0, 0.1) is 0 Å². The molecule has 12 rings (SSSR count). The van der Waals surface area contributed by atoms with Gasteiger partial charge in [-0.25, -0.2) is 0 Å². The SMILES string of the molecule is c1ccc(-n2c3ccc(-c4ccc5c(c4)c4ccccc4n5-c4cccc5ccccc45)cc3c3c4cccc5c4c(cc32)Oc2ccccc2-5)cc1. The molecule has 0 N–H and O–H groups in total. The quantitative estimate of drug-likeness (QED) is 0.183. The molecule has 0 bridgehead atoms. The van der Waals surface area contributed by atoms with Gasteiger partial charge in [0.05, 0.1) is 27.8 Å². The Morgan fingerprint density at radius 2 is 0.981 bits per heavy atom. The summed E-state index contributed by atoms with van der Waals surface area (Å²) in [5.74, 6) is 1.80. The monoisotopic (exact) mass is 674 g/mol. The Balaban J connectivity index is 1.13. The van der Waals surface area contributed by atoms with Crippen LogP contribution >= 0.6 is 0 Å². The summed E-state index contributed by atoms with van der Waals surface area (Å²) in [5, 5.41) is 9.81. The molecule has 0 atom stereocenters. The maximum absolute atomic E-state index is 6.66. The Hall–Kier alpha value is -7.10. The maximum atomic E-state index is 6.66. The molecule has 0 aliphatic carbocycles. The first kappa shape index (κ1) is 28.6. The van der Waals surface area contributed by atoms with E-state index in [9.17, 15) is 0 Å². The lowest BCUT2D eigenvalue weighted by Gasteiger charge is -2.22. The molecular weight excluding hydrogens is 645 g/mol. The minimum Gasteiger partial charge on any atom is -0.456 e. The molecule has 1 aliphatic heterocycles. The standard InChI is InChI=1S/C50H30N2O/c1-2-14-34(15-3-1)51-45-27-25-33(29-41(45)49-39-20-11-19-38-37-18-7-9-23-47(37)53-48(50(38)39)30-46(49)51)32-24-26-44-40(28-32)36-17-6-8-21-43(36)52(44)42-22-10-13-31-12-4-5-16-35(31)42/h1-30H. The smallest absolute Gasteiger partial charge is 0.138 e. The van der Waals surface area contributed by atoms with E-state index in [0.717, 1.165) is 28.3 Å². The second-order valence-electron chi connectivity index (χ2n) is 14.1. The van der Waals surface area contributed by atoms with Crippen molar-refractivity contribution in [1.29, 1.82) is 0 Å². The van der Waals surface area contributed by atoms with Gasteiger partial charge in [-0.3, -0.25) is 0 Å². The summed E-state index contributed by atoms with van der Waals surface area (Å²) in [6.07, 6.45) is 0. The fourth-order valence-electron chi connectivity index (χ4n) is 9.00. The molecule has 0 saturated carbocycles. The second-order valence-corrected chi connectivity index (χ2v) is 14.1. The highest BCUT2D eigenvalue weighted by atomic mass is 16.5. The predicted octanol–water partition coefficient (Wildman–Crippen LogP) is 13.6. The summed E-state index contributed by atoms with van der Waals surface area (Å²) in [6, 6.07) is 66.0. The highest BCUT2D eigenvalue weighted by Crippen LogP contribution is 2.51. The van der Waals surface area contributed by atoms with Crippen LogP contribution in [0.5, 0.6) is 11.5 Å². The van der Waals surface area contributed by atoms with E-state index in [1.165, 1.54) is 82.0 Å². The third-order valence-electron chi connectivity index (χ3n) is 11.3. The van der Waals surface area contributed by atoms with E-state index in [4.69, 9.17) is 4.74 Å². The molecule has 0 radical (unpaired) electrons. The lowest BCUT2D eigenvalue weighted by molar-refractivity contribution is 0.487. The van der Waals surface area contributed by atoms with Gasteiger partial charge >= 0.3 is 0 Å². The van der Waals surface area contributed by atoms with Gasteiger partial charge in [0.15, 0.2) is 0 Å². The van der Waals surface area contributed by atoms with E-state index in [0.29, 0.717) is 0 Å². The van der Waals surface area contributed by atoms with Crippen LogP contribution in [0.3, 0.4) is 0 Å². The van der Waals surface area contributed by atoms with Gasteiger partial charge in [0.2, 0.25) is 0 Å². The highest BCUT2D eigenvalue weighted by Gasteiger charge is 2.25. The van der Waals surface area contributed by atoms with Crippen LogP contribution in [0.1, 0.15) is 0 Å². The topological polar surface area (TPSA) is 19.1 Å². The number of hydrogen-bond acceptors (Lipinski definition) is 1. The maximum Gasteiger partial charge on any atom is 0.138 e. The molecule has 9 aromatic carbocycles. The largest absolute Gasteiger partial charge is 0.456 e. The van der Waals surface area contributed by atoms with Crippen LogP contribution < -0.4 is 4.74 Å². The lowest BCUT2D eigenvalue weighted by atomic mass is 9.92. The molecule has 53 heavy (non-hydrogen) atoms. The molecule has 11 aromatic rings. The average Bonchev–Trinajstić information content (AvgIpc) is 3.73. The zero-order valence-electron chi connectivity index (χ0n) is 28.6. The number of aromatic nitrogens is 2. The number of nitrogens with zero attached hydrogens (tertiary/aromatic N) is 2. The predicted molar refractivity (Wildman–Crippen MR) is 221 cm³/mol. The molecule has 3 heteroatoms. The first-order valence-electron chi connectivity index (χ1n) is 18.2. The summed E-state index contributed by atoms with van der Waals surface area (Å²) >= 11 is 0. The van der Waals surface area contributed by atoms with Crippen molar-refractivity contribution in [2.45, 2.75) is 0 Å². The Kier molecular flexibility index (Phi) is 5.77. The minimum absolute atomic E-state index is 0.897. The van der Waals surface area contributed by atoms with Gasteiger partial charge in [-0.05, 0) is 82.1 Å². The van der Waals surface area contributed by atoms with Crippen molar-refractivity contribution < 1.29 is 4.74 Å². The summed E-state index contributed by atoms with van der Waals surface area (Å²) in [5.41, 5.74) is 11.8. The van der Waals surface area contributed by atoms with Crippen molar-refractivity contribution in [3.8, 4) is 45.1 Å². The molecule has 0 unspecified atom stereocenters. The van der Waals surface area contributed by atoms with Gasteiger partial charge in [-0.15, -0.1) is 0 Å². The fraction of sp³-hybridized carbons (Fsp3) is 0. The number of para-hydroxylation sites is 3. The van der Waals surface area contributed by atoms with E-state index in [1.54, 1.807) is 0 Å². The first-order chi connectivity index (χ1) is 26.3. The summed E-state index contributed by atoms with van der Waals surface area (Å²) in [7, 11) is 0. The van der Waals surface area contributed by atoms with Crippen LogP contribution in [0.15, 0.2) is 182 Å². The van der Waals surface area contributed by atoms with E-state index < -0.39 is 0 Å². The Labute approximate surface area is 305 Å². The zero-order valence-corrected chi connectivity index (χ0v) is 28.6. The van der Waals surface area contributed by atoms with Gasteiger partial charge in [-0.2, -0.15) is 0 Å². The number of fused-ring (bicyclic) bond motifs is 10. The molecule has 0 saturated heterocycles. The molecule has 2 aromatic heterocycles. The third kappa shape index (κ3) is 3.99. The van der Waals surface area contributed by atoms with Crippen molar-refractivity contribution in [2.24, 2.45) is 0 Å². The van der Waals surface area contributed by atoms with Crippen molar-refractivity contribution in [3.05, 3.63) is 182 Å². The van der Waals surface area contributed by atoms with E-state index >= 15 is 0 Å². The molecule has 246 valence electrons. The first-order valence-corrected chi connectivity index (χ1v) is 18.2. The van der Waals surface area contributed by atoms with Gasteiger partial charge in [-0.1, -0.05) is 121 Å². The molecule has 3 nitrogen and oxygen atoms in total. The number of ether oxygens (including phenoxy) is 1. The van der Waals surface area contributed by atoms with Crippen LogP contribution in [0.4, 0.5) is 0 Å². The average molecular weight is 675 g/mol. The number of rotatable bonds is 3.